The predicted octanol–water partition coefficient (Wildman–Crippen LogP) is 0.682. The molecule has 0 aliphatic heterocycles. The highest BCUT2D eigenvalue weighted by Crippen LogP contribution is 2.19. The molecule has 12 heteroatoms. The summed E-state index contributed by atoms with van der Waals surface area (Å²) in [6.45, 7) is 4.26. The zero-order valence-corrected chi connectivity index (χ0v) is 22.8. The summed E-state index contributed by atoms with van der Waals surface area (Å²) >= 11 is 3.98. The van der Waals surface area contributed by atoms with Gasteiger partial charge < -0.3 is 37.5 Å². The third-order valence-electron chi connectivity index (χ3n) is 6.18. The van der Waals surface area contributed by atoms with Gasteiger partial charge in [-0.1, -0.05) is 38.5 Å². The number of hydrogen-bond donors (Lipinski definition) is 8. The molecule has 0 radical (unpaired) electrons. The number of nitrogens with two attached hydrogens (primary N) is 2. The minimum atomic E-state index is -1.23. The molecule has 1 heterocycles. The number of carbonyl (C=O) groups excluding carboxylic acids is 3. The Hall–Kier alpha value is -3.09. The van der Waals surface area contributed by atoms with E-state index in [2.05, 4.69) is 33.6 Å². The molecule has 4 unspecified atom stereocenters. The highest BCUT2D eigenvalue weighted by molar-refractivity contribution is 7.80. The van der Waals surface area contributed by atoms with E-state index in [9.17, 15) is 24.3 Å². The summed E-state index contributed by atoms with van der Waals surface area (Å²) in [6, 6.07) is 3.53. The van der Waals surface area contributed by atoms with Crippen LogP contribution in [0.5, 0.6) is 0 Å². The van der Waals surface area contributed by atoms with Crippen molar-refractivity contribution in [3.05, 3.63) is 36.0 Å². The molecule has 210 valence electrons. The van der Waals surface area contributed by atoms with Crippen molar-refractivity contribution < 1.29 is 24.3 Å². The number of thiol groups is 1. The average molecular weight is 549 g/mol. The van der Waals surface area contributed by atoms with E-state index < -0.39 is 47.9 Å². The second kappa shape index (κ2) is 15.4. The Morgan fingerprint density at radius 3 is 2.24 bits per heavy atom. The SMILES string of the molecule is CC(C)CC(NC(=O)C(Cc1c[nH]c2ccccc12)NC(=O)C(N)CCCCN)C(=O)NC(CS)C(=O)O. The van der Waals surface area contributed by atoms with Crippen molar-refractivity contribution in [1.29, 1.82) is 0 Å². The number of fused-ring (bicyclic) bond motifs is 1. The summed E-state index contributed by atoms with van der Waals surface area (Å²) in [4.78, 5) is 53.9. The normalized spacial score (nSPS) is 14.5. The van der Waals surface area contributed by atoms with Gasteiger partial charge >= 0.3 is 5.97 Å². The Bertz CT molecular complexity index is 1090. The lowest BCUT2D eigenvalue weighted by Crippen LogP contribution is -2.58. The van der Waals surface area contributed by atoms with E-state index in [0.29, 0.717) is 19.4 Å². The number of para-hydroxylation sites is 1. The number of unbranched alkanes of at least 4 members (excludes halogenated alkanes) is 1. The molecule has 1 aromatic heterocycles. The largest absolute Gasteiger partial charge is 0.480 e. The molecule has 0 spiro atoms. The minimum absolute atomic E-state index is 0.0166. The van der Waals surface area contributed by atoms with E-state index in [-0.39, 0.29) is 24.5 Å². The van der Waals surface area contributed by atoms with Crippen molar-refractivity contribution in [1.82, 2.24) is 20.9 Å². The first kappa shape index (κ1) is 31.1. The first-order valence-corrected chi connectivity index (χ1v) is 13.5. The van der Waals surface area contributed by atoms with E-state index in [1.54, 1.807) is 6.20 Å². The number of rotatable bonds is 16. The van der Waals surface area contributed by atoms with E-state index in [0.717, 1.165) is 22.9 Å². The maximum atomic E-state index is 13.5. The van der Waals surface area contributed by atoms with Crippen LogP contribution in [0.3, 0.4) is 0 Å². The predicted molar refractivity (Wildman–Crippen MR) is 150 cm³/mol. The fourth-order valence-corrected chi connectivity index (χ4v) is 4.33. The van der Waals surface area contributed by atoms with E-state index in [1.165, 1.54) is 0 Å². The summed E-state index contributed by atoms with van der Waals surface area (Å²) in [5.41, 5.74) is 13.3. The molecule has 0 fully saturated rings. The fraction of sp³-hybridized carbons (Fsp3) is 0.538. The number of carbonyl (C=O) groups is 4. The van der Waals surface area contributed by atoms with Crippen molar-refractivity contribution in [2.45, 2.75) is 70.1 Å². The van der Waals surface area contributed by atoms with Crippen molar-refractivity contribution in [2.75, 3.05) is 12.3 Å². The lowest BCUT2D eigenvalue weighted by molar-refractivity contribution is -0.141. The number of nitrogens with one attached hydrogen (secondary N) is 4. The van der Waals surface area contributed by atoms with Gasteiger partial charge in [0.2, 0.25) is 17.7 Å². The summed E-state index contributed by atoms with van der Waals surface area (Å²) in [5, 5.41) is 18.1. The second-order valence-corrected chi connectivity index (χ2v) is 10.2. The van der Waals surface area contributed by atoms with E-state index in [4.69, 9.17) is 11.5 Å². The molecule has 0 aliphatic rings. The van der Waals surface area contributed by atoms with Gasteiger partial charge in [-0.25, -0.2) is 4.79 Å². The molecule has 4 atom stereocenters. The Kier molecular flexibility index (Phi) is 12.6. The third-order valence-corrected chi connectivity index (χ3v) is 6.54. The standard InChI is InChI=1S/C26H40N6O5S/c1-15(2)11-20(24(34)32-22(14-38)26(36)37)31-25(35)21(30-23(33)18(28)8-5-6-10-27)12-16-13-29-19-9-4-3-7-17(16)19/h3-4,7,9,13,15,18,20-22,29,38H,5-6,8,10-12,14,27-28H2,1-2H3,(H,30,33)(H,31,35)(H,32,34)(H,36,37). The molecule has 2 rings (SSSR count). The van der Waals surface area contributed by atoms with Gasteiger partial charge in [0.05, 0.1) is 6.04 Å². The number of amides is 3. The molecular formula is C26H40N6O5S. The topological polar surface area (TPSA) is 192 Å². The van der Waals surface area contributed by atoms with Crippen molar-refractivity contribution in [3.63, 3.8) is 0 Å². The molecule has 38 heavy (non-hydrogen) atoms. The van der Waals surface area contributed by atoms with Crippen molar-refractivity contribution >= 4 is 47.2 Å². The van der Waals surface area contributed by atoms with Crippen LogP contribution < -0.4 is 27.4 Å². The van der Waals surface area contributed by atoms with Crippen LogP contribution in [-0.2, 0) is 25.6 Å². The smallest absolute Gasteiger partial charge is 0.327 e. The van der Waals surface area contributed by atoms with Gasteiger partial charge in [-0.05, 0) is 43.4 Å². The zero-order chi connectivity index (χ0) is 28.2. The van der Waals surface area contributed by atoms with Gasteiger partial charge in [0, 0.05) is 29.3 Å². The van der Waals surface area contributed by atoms with Crippen molar-refractivity contribution in [3.8, 4) is 0 Å². The molecule has 9 N–H and O–H groups in total. The van der Waals surface area contributed by atoms with Crippen LogP contribution in [0.2, 0.25) is 0 Å². The number of hydrogen-bond acceptors (Lipinski definition) is 7. The first-order valence-electron chi connectivity index (χ1n) is 12.8. The van der Waals surface area contributed by atoms with Gasteiger partial charge in [-0.15, -0.1) is 0 Å². The Morgan fingerprint density at radius 2 is 1.61 bits per heavy atom. The van der Waals surface area contributed by atoms with Crippen LogP contribution >= 0.6 is 12.6 Å². The molecule has 2 aromatic rings. The number of aromatic nitrogens is 1. The van der Waals surface area contributed by atoms with Crippen molar-refractivity contribution in [2.24, 2.45) is 17.4 Å². The highest BCUT2D eigenvalue weighted by atomic mass is 32.1. The lowest BCUT2D eigenvalue weighted by Gasteiger charge is -2.26. The van der Waals surface area contributed by atoms with E-state index >= 15 is 0 Å². The first-order chi connectivity index (χ1) is 18.1. The van der Waals surface area contributed by atoms with Gasteiger partial charge in [0.15, 0.2) is 0 Å². The molecule has 0 aliphatic carbocycles. The van der Waals surface area contributed by atoms with Crippen LogP contribution in [0.15, 0.2) is 30.5 Å². The number of carboxylic acids is 1. The summed E-state index contributed by atoms with van der Waals surface area (Å²) in [7, 11) is 0. The number of aliphatic carboxylic acids is 1. The number of aromatic amines is 1. The molecule has 0 saturated heterocycles. The number of benzene rings is 1. The summed E-state index contributed by atoms with van der Waals surface area (Å²) < 4.78 is 0. The fourth-order valence-electron chi connectivity index (χ4n) is 4.08. The van der Waals surface area contributed by atoms with Crippen LogP contribution in [0.4, 0.5) is 0 Å². The van der Waals surface area contributed by atoms with Crippen LogP contribution in [0, 0.1) is 5.92 Å². The third kappa shape index (κ3) is 9.34. The Morgan fingerprint density at radius 1 is 0.974 bits per heavy atom. The number of carboxylic acid groups (broad SMARTS) is 1. The monoisotopic (exact) mass is 548 g/mol. The molecule has 11 nitrogen and oxygen atoms in total. The number of H-pyrrole nitrogens is 1. The van der Waals surface area contributed by atoms with Gasteiger partial charge in [0.1, 0.15) is 18.1 Å². The molecule has 0 saturated carbocycles. The van der Waals surface area contributed by atoms with Crippen LogP contribution in [0.1, 0.15) is 45.1 Å². The van der Waals surface area contributed by atoms with Gasteiger partial charge in [0.25, 0.3) is 0 Å². The van der Waals surface area contributed by atoms with Crippen LogP contribution in [0.25, 0.3) is 10.9 Å². The quantitative estimate of drug-likeness (QED) is 0.112. The van der Waals surface area contributed by atoms with Gasteiger partial charge in [-0.2, -0.15) is 12.6 Å². The van der Waals surface area contributed by atoms with Gasteiger partial charge in [-0.3, -0.25) is 14.4 Å². The molecule has 1 aromatic carbocycles. The second-order valence-electron chi connectivity index (χ2n) is 9.79. The summed E-state index contributed by atoms with van der Waals surface area (Å²) in [6.07, 6.45) is 4.03. The van der Waals surface area contributed by atoms with Crippen LogP contribution in [-0.4, -0.2) is 70.2 Å². The Balaban J connectivity index is 2.26. The molecule has 3 amide bonds. The minimum Gasteiger partial charge on any atom is -0.480 e. The van der Waals surface area contributed by atoms with E-state index in [1.807, 2.05) is 38.1 Å². The highest BCUT2D eigenvalue weighted by Gasteiger charge is 2.31. The molecule has 0 bridgehead atoms. The zero-order valence-electron chi connectivity index (χ0n) is 21.9. The summed E-state index contributed by atoms with van der Waals surface area (Å²) in [5.74, 6) is -3.00. The Labute approximate surface area is 228 Å². The maximum absolute atomic E-state index is 13.5. The average Bonchev–Trinajstić information content (AvgIpc) is 3.28. The maximum Gasteiger partial charge on any atom is 0.327 e. The lowest BCUT2D eigenvalue weighted by atomic mass is 10.00. The molecular weight excluding hydrogens is 508 g/mol.